The van der Waals surface area contributed by atoms with Crippen molar-refractivity contribution in [2.75, 3.05) is 12.4 Å². The van der Waals surface area contributed by atoms with Gasteiger partial charge in [-0.2, -0.15) is 5.26 Å². The van der Waals surface area contributed by atoms with Gasteiger partial charge in [0.05, 0.1) is 12.7 Å². The molecule has 1 unspecified atom stereocenters. The van der Waals surface area contributed by atoms with Crippen molar-refractivity contribution in [1.82, 2.24) is 0 Å². The van der Waals surface area contributed by atoms with E-state index in [2.05, 4.69) is 6.07 Å². The van der Waals surface area contributed by atoms with Crippen molar-refractivity contribution in [2.45, 2.75) is 38.9 Å². The predicted molar refractivity (Wildman–Crippen MR) is 62.6 cm³/mol. The van der Waals surface area contributed by atoms with E-state index in [-0.39, 0.29) is 11.2 Å². The zero-order valence-electron chi connectivity index (χ0n) is 9.66. The summed E-state index contributed by atoms with van der Waals surface area (Å²) >= 11 is 1.51. The summed E-state index contributed by atoms with van der Waals surface area (Å²) in [7, 11) is 0. The molecule has 0 radical (unpaired) electrons. The first kappa shape index (κ1) is 14.3. The van der Waals surface area contributed by atoms with Gasteiger partial charge in [0, 0.05) is 12.2 Å². The molecule has 0 aliphatic rings. The fraction of sp³-hybridized carbons (Fsp3) is 0.818. The summed E-state index contributed by atoms with van der Waals surface area (Å²) in [5.74, 6) is 0.927. The quantitative estimate of drug-likeness (QED) is 0.497. The third-order valence-electron chi connectivity index (χ3n) is 1.73. The number of esters is 1. The fourth-order valence-corrected chi connectivity index (χ4v) is 1.87. The molecule has 3 nitrogen and oxygen atoms in total. The van der Waals surface area contributed by atoms with E-state index in [4.69, 9.17) is 10.00 Å². The Labute approximate surface area is 96.2 Å². The van der Waals surface area contributed by atoms with Crippen molar-refractivity contribution >= 4 is 17.7 Å². The van der Waals surface area contributed by atoms with Crippen LogP contribution in [0.25, 0.3) is 0 Å². The number of hydrogen-bond donors (Lipinski definition) is 0. The first-order valence-electron chi connectivity index (χ1n) is 5.27. The van der Waals surface area contributed by atoms with Crippen LogP contribution in [0.2, 0.25) is 0 Å². The first-order chi connectivity index (χ1) is 7.11. The van der Waals surface area contributed by atoms with Crippen LogP contribution < -0.4 is 0 Å². The molecule has 0 fully saturated rings. The average molecular weight is 229 g/mol. The molecule has 0 aromatic heterocycles. The lowest BCUT2D eigenvalue weighted by molar-refractivity contribution is -0.144. The zero-order chi connectivity index (χ0) is 11.7. The number of rotatable bonds is 7. The summed E-state index contributed by atoms with van der Waals surface area (Å²) in [6.07, 6.45) is 1.24. The highest BCUT2D eigenvalue weighted by molar-refractivity contribution is 8.00. The SMILES string of the molecule is CCC(SCCC#N)C(=O)OCC(C)C. The highest BCUT2D eigenvalue weighted by atomic mass is 32.2. The van der Waals surface area contributed by atoms with E-state index in [1.165, 1.54) is 11.8 Å². The van der Waals surface area contributed by atoms with Crippen LogP contribution in [0.1, 0.15) is 33.6 Å². The lowest BCUT2D eigenvalue weighted by atomic mass is 10.2. The van der Waals surface area contributed by atoms with Gasteiger partial charge in [0.2, 0.25) is 0 Å². The Morgan fingerprint density at radius 1 is 1.53 bits per heavy atom. The van der Waals surface area contributed by atoms with Gasteiger partial charge in [0.1, 0.15) is 5.25 Å². The molecule has 15 heavy (non-hydrogen) atoms. The summed E-state index contributed by atoms with van der Waals surface area (Å²) in [5.41, 5.74) is 0. The molecule has 0 saturated carbocycles. The average Bonchev–Trinajstić information content (AvgIpc) is 2.21. The van der Waals surface area contributed by atoms with Crippen LogP contribution in [0, 0.1) is 17.2 Å². The monoisotopic (exact) mass is 229 g/mol. The van der Waals surface area contributed by atoms with Crippen LogP contribution in [0.3, 0.4) is 0 Å². The number of carbonyl (C=O) groups excluding carboxylic acids is 1. The van der Waals surface area contributed by atoms with Crippen LogP contribution >= 0.6 is 11.8 Å². The zero-order valence-corrected chi connectivity index (χ0v) is 10.5. The largest absolute Gasteiger partial charge is 0.465 e. The van der Waals surface area contributed by atoms with Crippen LogP contribution in [0.15, 0.2) is 0 Å². The maximum Gasteiger partial charge on any atom is 0.319 e. The van der Waals surface area contributed by atoms with E-state index in [0.717, 1.165) is 6.42 Å². The van der Waals surface area contributed by atoms with E-state index in [1.54, 1.807) is 0 Å². The molecular weight excluding hydrogens is 210 g/mol. The maximum absolute atomic E-state index is 11.5. The second-order valence-corrected chi connectivity index (χ2v) is 5.01. The molecule has 0 heterocycles. The molecule has 86 valence electrons. The van der Waals surface area contributed by atoms with E-state index >= 15 is 0 Å². The molecule has 0 aliphatic heterocycles. The lowest BCUT2D eigenvalue weighted by Crippen LogP contribution is -2.21. The van der Waals surface area contributed by atoms with Crippen LogP contribution in [0.5, 0.6) is 0 Å². The highest BCUT2D eigenvalue weighted by Gasteiger charge is 2.18. The van der Waals surface area contributed by atoms with Crippen molar-refractivity contribution in [3.05, 3.63) is 0 Å². The van der Waals surface area contributed by atoms with Gasteiger partial charge in [-0.1, -0.05) is 20.8 Å². The number of hydrogen-bond acceptors (Lipinski definition) is 4. The standard InChI is InChI=1S/C11H19NO2S/c1-4-10(15-7-5-6-12)11(13)14-8-9(2)3/h9-10H,4-5,7-8H2,1-3H3. The Hall–Kier alpha value is -0.690. The Morgan fingerprint density at radius 2 is 2.20 bits per heavy atom. The minimum atomic E-state index is -0.144. The van der Waals surface area contributed by atoms with Gasteiger partial charge in [0.15, 0.2) is 0 Å². The van der Waals surface area contributed by atoms with Gasteiger partial charge in [0.25, 0.3) is 0 Å². The van der Waals surface area contributed by atoms with E-state index < -0.39 is 0 Å². The Kier molecular flexibility index (Phi) is 8.21. The van der Waals surface area contributed by atoms with Gasteiger partial charge in [-0.15, -0.1) is 11.8 Å². The van der Waals surface area contributed by atoms with Crippen molar-refractivity contribution in [1.29, 1.82) is 5.26 Å². The summed E-state index contributed by atoms with van der Waals surface area (Å²) in [4.78, 5) is 11.5. The Balaban J connectivity index is 3.84. The lowest BCUT2D eigenvalue weighted by Gasteiger charge is -2.14. The summed E-state index contributed by atoms with van der Waals surface area (Å²) in [5, 5.41) is 8.27. The molecule has 0 bridgehead atoms. The number of ether oxygens (including phenoxy) is 1. The number of thioether (sulfide) groups is 1. The fourth-order valence-electron chi connectivity index (χ4n) is 0.941. The molecule has 0 spiro atoms. The van der Waals surface area contributed by atoms with Gasteiger partial charge >= 0.3 is 5.97 Å². The van der Waals surface area contributed by atoms with Crippen molar-refractivity contribution in [2.24, 2.45) is 5.92 Å². The molecule has 1 atom stereocenters. The third kappa shape index (κ3) is 7.26. The smallest absolute Gasteiger partial charge is 0.319 e. The van der Waals surface area contributed by atoms with Crippen LogP contribution in [0.4, 0.5) is 0 Å². The molecule has 0 saturated heterocycles. The van der Waals surface area contributed by atoms with Gasteiger partial charge < -0.3 is 4.74 Å². The van der Waals surface area contributed by atoms with Crippen molar-refractivity contribution in [3.63, 3.8) is 0 Å². The first-order valence-corrected chi connectivity index (χ1v) is 6.31. The number of nitrogens with zero attached hydrogens (tertiary/aromatic N) is 1. The number of carbonyl (C=O) groups is 1. The molecule has 4 heteroatoms. The third-order valence-corrected chi connectivity index (χ3v) is 3.09. The van der Waals surface area contributed by atoms with E-state index in [9.17, 15) is 4.79 Å². The van der Waals surface area contributed by atoms with Gasteiger partial charge in [-0.05, 0) is 12.3 Å². The van der Waals surface area contributed by atoms with Crippen LogP contribution in [-0.2, 0) is 9.53 Å². The minimum Gasteiger partial charge on any atom is -0.465 e. The summed E-state index contributed by atoms with van der Waals surface area (Å²) in [6, 6.07) is 2.06. The van der Waals surface area contributed by atoms with Gasteiger partial charge in [-0.25, -0.2) is 0 Å². The molecular formula is C11H19NO2S. The van der Waals surface area contributed by atoms with Crippen molar-refractivity contribution in [3.8, 4) is 6.07 Å². The molecule has 0 rings (SSSR count). The predicted octanol–water partition coefficient (Wildman–Crippen LogP) is 2.61. The molecule has 0 N–H and O–H groups in total. The molecule has 0 amide bonds. The van der Waals surface area contributed by atoms with E-state index in [0.29, 0.717) is 24.7 Å². The Morgan fingerprint density at radius 3 is 2.67 bits per heavy atom. The Bertz CT molecular complexity index is 223. The normalized spacial score (nSPS) is 12.2. The minimum absolute atomic E-state index is 0.114. The topological polar surface area (TPSA) is 50.1 Å². The van der Waals surface area contributed by atoms with E-state index in [1.807, 2.05) is 20.8 Å². The maximum atomic E-state index is 11.5. The van der Waals surface area contributed by atoms with Crippen LogP contribution in [-0.4, -0.2) is 23.6 Å². The number of nitriles is 1. The highest BCUT2D eigenvalue weighted by Crippen LogP contribution is 2.17. The molecule has 0 aromatic carbocycles. The van der Waals surface area contributed by atoms with Crippen molar-refractivity contribution < 1.29 is 9.53 Å². The summed E-state index contributed by atoms with van der Waals surface area (Å²) < 4.78 is 5.14. The summed E-state index contributed by atoms with van der Waals surface area (Å²) in [6.45, 7) is 6.46. The second-order valence-electron chi connectivity index (χ2n) is 3.70. The second kappa shape index (κ2) is 8.60. The molecule has 0 aromatic rings. The molecule has 0 aliphatic carbocycles. The van der Waals surface area contributed by atoms with Gasteiger partial charge in [-0.3, -0.25) is 4.79 Å².